The fraction of sp³-hybridized carbons (Fsp3) is 0.192. The Morgan fingerprint density at radius 3 is 2.30 bits per heavy atom. The molecule has 7 nitrogen and oxygen atoms in total. The van der Waals surface area contributed by atoms with Crippen molar-refractivity contribution in [2.24, 2.45) is 0 Å². The van der Waals surface area contributed by atoms with Crippen molar-refractivity contribution in [1.82, 2.24) is 14.8 Å². The minimum Gasteiger partial charge on any atom is -0.406 e. The molecule has 4 rings (SSSR count). The first-order valence-electron chi connectivity index (χ1n) is 11.4. The summed E-state index contributed by atoms with van der Waals surface area (Å²) >= 11 is 0. The Hall–Kier alpha value is -4.46. The van der Waals surface area contributed by atoms with Crippen LogP contribution in [0.25, 0.3) is 17.1 Å². The van der Waals surface area contributed by atoms with Crippen LogP contribution in [-0.2, 0) is 11.3 Å². The molecule has 210 valence electrons. The molecule has 14 heteroatoms. The van der Waals surface area contributed by atoms with E-state index < -0.39 is 31.2 Å². The largest absolute Gasteiger partial charge is 0.573 e. The molecule has 0 aliphatic heterocycles. The topological polar surface area (TPSA) is 78.3 Å². The van der Waals surface area contributed by atoms with Crippen molar-refractivity contribution >= 4 is 11.6 Å². The van der Waals surface area contributed by atoms with Crippen LogP contribution in [0.4, 0.5) is 36.4 Å². The molecule has 0 saturated heterocycles. The third kappa shape index (κ3) is 7.56. The second-order valence-electron chi connectivity index (χ2n) is 8.34. The van der Waals surface area contributed by atoms with Crippen LogP contribution >= 0.6 is 0 Å². The predicted octanol–water partition coefficient (Wildman–Crippen LogP) is 6.50. The summed E-state index contributed by atoms with van der Waals surface area (Å²) in [5, 5.41) is 6.98. The van der Waals surface area contributed by atoms with Gasteiger partial charge in [-0.3, -0.25) is 4.79 Å². The predicted molar refractivity (Wildman–Crippen MR) is 128 cm³/mol. The number of alkyl halides is 7. The number of amides is 1. The number of hydrogen-bond donors (Lipinski definition) is 1. The number of rotatable bonds is 10. The summed E-state index contributed by atoms with van der Waals surface area (Å²) in [4.78, 5) is 16.8. The fourth-order valence-electron chi connectivity index (χ4n) is 3.40. The van der Waals surface area contributed by atoms with E-state index in [0.717, 1.165) is 12.1 Å². The maximum atomic E-state index is 13.0. The molecule has 4 aromatic rings. The number of hydrogen-bond acceptors (Lipinski definition) is 5. The minimum absolute atomic E-state index is 0.192. The molecule has 0 bridgehead atoms. The smallest absolute Gasteiger partial charge is 0.406 e. The zero-order chi connectivity index (χ0) is 28.9. The van der Waals surface area contributed by atoms with Gasteiger partial charge >= 0.3 is 18.7 Å². The van der Waals surface area contributed by atoms with Gasteiger partial charge in [0.05, 0.1) is 12.3 Å². The van der Waals surface area contributed by atoms with E-state index in [2.05, 4.69) is 24.9 Å². The fourth-order valence-corrected chi connectivity index (χ4v) is 3.40. The van der Waals surface area contributed by atoms with E-state index >= 15 is 0 Å². The highest BCUT2D eigenvalue weighted by atomic mass is 19.4. The summed E-state index contributed by atoms with van der Waals surface area (Å²) in [6, 6.07) is 17.4. The third-order valence-electron chi connectivity index (χ3n) is 5.30. The molecule has 0 unspecified atom stereocenters. The zero-order valence-corrected chi connectivity index (χ0v) is 20.2. The molecule has 40 heavy (non-hydrogen) atoms. The van der Waals surface area contributed by atoms with Crippen LogP contribution in [0.5, 0.6) is 5.75 Å². The van der Waals surface area contributed by atoms with Crippen LogP contribution in [0.1, 0.15) is 15.9 Å². The van der Waals surface area contributed by atoms with E-state index in [9.17, 15) is 35.5 Å². The Labute approximate surface area is 222 Å². The standard InChI is InChI=1S/C26H19F7N4O3/c27-24(28)25(29,30)14-39-13-16-2-1-3-18(12-16)23(38)35-19-6-4-17(5-7-19)22-34-15-37(36-22)20-8-10-21(11-9-20)40-26(31,32)33/h1-12,15,24H,13-14H2,(H,35,38). The molecular weight excluding hydrogens is 549 g/mol. The number of benzene rings is 3. The molecule has 0 aliphatic carbocycles. The van der Waals surface area contributed by atoms with Crippen LogP contribution in [0.2, 0.25) is 0 Å². The summed E-state index contributed by atoms with van der Waals surface area (Å²) in [5.41, 5.74) is 2.00. The lowest BCUT2D eigenvalue weighted by atomic mass is 10.1. The third-order valence-corrected chi connectivity index (χ3v) is 5.30. The van der Waals surface area contributed by atoms with E-state index in [-0.39, 0.29) is 17.9 Å². The molecule has 0 aliphatic rings. The van der Waals surface area contributed by atoms with Crippen molar-refractivity contribution in [2.45, 2.75) is 25.3 Å². The first-order chi connectivity index (χ1) is 18.9. The SMILES string of the molecule is O=C(Nc1ccc(-c2ncn(-c3ccc(OC(F)(F)F)cc3)n2)cc1)c1cccc(COCC(F)(F)C(F)F)c1. The van der Waals surface area contributed by atoms with E-state index in [1.165, 1.54) is 47.4 Å². The van der Waals surface area contributed by atoms with Crippen LogP contribution < -0.4 is 10.1 Å². The molecule has 0 radical (unpaired) electrons. The number of ether oxygens (including phenoxy) is 2. The molecule has 1 heterocycles. The van der Waals surface area contributed by atoms with E-state index in [1.807, 2.05) is 0 Å². The van der Waals surface area contributed by atoms with E-state index in [4.69, 9.17) is 0 Å². The lowest BCUT2D eigenvalue weighted by molar-refractivity contribution is -0.274. The van der Waals surface area contributed by atoms with Gasteiger partial charge in [-0.25, -0.2) is 18.4 Å². The van der Waals surface area contributed by atoms with Crippen LogP contribution in [-0.4, -0.2) is 46.0 Å². The Bertz CT molecular complexity index is 1440. The second kappa shape index (κ2) is 11.7. The second-order valence-corrected chi connectivity index (χ2v) is 8.34. The molecule has 0 atom stereocenters. The van der Waals surface area contributed by atoms with Crippen molar-refractivity contribution in [1.29, 1.82) is 0 Å². The van der Waals surface area contributed by atoms with Gasteiger partial charge in [-0.2, -0.15) is 8.78 Å². The van der Waals surface area contributed by atoms with Gasteiger partial charge in [0, 0.05) is 16.8 Å². The lowest BCUT2D eigenvalue weighted by Crippen LogP contribution is -2.32. The highest BCUT2D eigenvalue weighted by Crippen LogP contribution is 2.25. The van der Waals surface area contributed by atoms with Crippen LogP contribution in [0, 0.1) is 0 Å². The maximum Gasteiger partial charge on any atom is 0.573 e. The van der Waals surface area contributed by atoms with Crippen molar-refractivity contribution in [3.8, 4) is 22.8 Å². The van der Waals surface area contributed by atoms with Gasteiger partial charge in [-0.15, -0.1) is 18.3 Å². The number of halogens is 7. The average Bonchev–Trinajstić information content (AvgIpc) is 3.39. The van der Waals surface area contributed by atoms with Crippen LogP contribution in [0.15, 0.2) is 79.1 Å². The zero-order valence-electron chi connectivity index (χ0n) is 20.2. The highest BCUT2D eigenvalue weighted by molar-refractivity contribution is 6.04. The summed E-state index contributed by atoms with van der Waals surface area (Å²) in [7, 11) is 0. The van der Waals surface area contributed by atoms with Gasteiger partial charge in [0.15, 0.2) is 5.82 Å². The van der Waals surface area contributed by atoms with Crippen LogP contribution in [0.3, 0.4) is 0 Å². The Balaban J connectivity index is 1.35. The van der Waals surface area contributed by atoms with Gasteiger partial charge in [0.2, 0.25) is 0 Å². The molecule has 0 saturated carbocycles. The lowest BCUT2D eigenvalue weighted by Gasteiger charge is -2.15. The number of aromatic nitrogens is 3. The normalized spacial score (nSPS) is 12.0. The summed E-state index contributed by atoms with van der Waals surface area (Å²) in [6.45, 7) is -1.84. The first-order valence-corrected chi connectivity index (χ1v) is 11.4. The van der Waals surface area contributed by atoms with Crippen molar-refractivity contribution in [3.05, 3.63) is 90.3 Å². The van der Waals surface area contributed by atoms with Gasteiger partial charge in [-0.05, 0) is 66.2 Å². The quantitative estimate of drug-likeness (QED) is 0.221. The first kappa shape index (κ1) is 28.5. The summed E-state index contributed by atoms with van der Waals surface area (Å²) in [6.07, 6.45) is -7.25. The highest BCUT2D eigenvalue weighted by Gasteiger charge is 2.40. The van der Waals surface area contributed by atoms with Crippen molar-refractivity contribution < 1.29 is 45.0 Å². The van der Waals surface area contributed by atoms with Gasteiger partial charge in [0.1, 0.15) is 18.7 Å². The maximum absolute atomic E-state index is 13.0. The van der Waals surface area contributed by atoms with E-state index in [1.54, 1.807) is 24.3 Å². The average molecular weight is 568 g/mol. The number of carbonyl (C=O) groups excluding carboxylic acids is 1. The van der Waals surface area contributed by atoms with Gasteiger partial charge in [0.25, 0.3) is 5.91 Å². The van der Waals surface area contributed by atoms with Crippen molar-refractivity contribution in [2.75, 3.05) is 11.9 Å². The summed E-state index contributed by atoms with van der Waals surface area (Å²) in [5.74, 6) is -4.83. The number of nitrogens with one attached hydrogen (secondary N) is 1. The Kier molecular flexibility index (Phi) is 8.38. The summed E-state index contributed by atoms with van der Waals surface area (Å²) < 4.78 is 97.4. The molecule has 1 amide bonds. The Morgan fingerprint density at radius 2 is 1.65 bits per heavy atom. The minimum atomic E-state index is -4.80. The molecule has 1 aromatic heterocycles. The molecule has 0 spiro atoms. The number of carbonyl (C=O) groups is 1. The Morgan fingerprint density at radius 1 is 0.950 bits per heavy atom. The van der Waals surface area contributed by atoms with E-state index in [0.29, 0.717) is 28.3 Å². The molecule has 0 fully saturated rings. The monoisotopic (exact) mass is 568 g/mol. The molecular formula is C26H19F7N4O3. The number of nitrogens with zero attached hydrogens (tertiary/aromatic N) is 3. The molecule has 1 N–H and O–H groups in total. The van der Waals surface area contributed by atoms with Gasteiger partial charge < -0.3 is 14.8 Å². The number of anilines is 1. The van der Waals surface area contributed by atoms with Crippen molar-refractivity contribution in [3.63, 3.8) is 0 Å². The molecule has 3 aromatic carbocycles. The van der Waals surface area contributed by atoms with Gasteiger partial charge in [-0.1, -0.05) is 12.1 Å².